The summed E-state index contributed by atoms with van der Waals surface area (Å²) in [6.07, 6.45) is 2.07. The van der Waals surface area contributed by atoms with E-state index < -0.39 is 0 Å². The Labute approximate surface area is 83.0 Å². The van der Waals surface area contributed by atoms with Crippen LogP contribution >= 0.6 is 0 Å². The number of phenols is 2. The summed E-state index contributed by atoms with van der Waals surface area (Å²) in [6.45, 7) is 1.48. The van der Waals surface area contributed by atoms with Crippen molar-refractivity contribution in [1.82, 2.24) is 0 Å². The van der Waals surface area contributed by atoms with E-state index in [4.69, 9.17) is 9.84 Å². The van der Waals surface area contributed by atoms with E-state index in [1.165, 1.54) is 6.07 Å². The van der Waals surface area contributed by atoms with E-state index in [2.05, 4.69) is 0 Å². The first-order valence-electron chi connectivity index (χ1n) is 4.87. The Morgan fingerprint density at radius 3 is 2.79 bits per heavy atom. The molecule has 0 radical (unpaired) electrons. The zero-order valence-corrected chi connectivity index (χ0v) is 7.94. The predicted molar refractivity (Wildman–Crippen MR) is 52.6 cm³/mol. The number of ether oxygens (including phenoxy) is 1. The highest BCUT2D eigenvalue weighted by molar-refractivity contribution is 5.41. The third kappa shape index (κ3) is 1.82. The molecule has 1 unspecified atom stereocenters. The molecule has 0 saturated carbocycles. The molecule has 1 heterocycles. The summed E-state index contributed by atoms with van der Waals surface area (Å²) in [5, 5.41) is 18.8. The van der Waals surface area contributed by atoms with Crippen LogP contribution in [0.25, 0.3) is 0 Å². The van der Waals surface area contributed by atoms with Crippen LogP contribution in [0.4, 0.5) is 0 Å². The van der Waals surface area contributed by atoms with Crippen LogP contribution in [0.2, 0.25) is 0 Å². The van der Waals surface area contributed by atoms with Crippen molar-refractivity contribution in [3.63, 3.8) is 0 Å². The lowest BCUT2D eigenvalue weighted by Gasteiger charge is -2.23. The Hall–Kier alpha value is -1.22. The first-order valence-corrected chi connectivity index (χ1v) is 4.87. The van der Waals surface area contributed by atoms with Crippen LogP contribution in [0, 0.1) is 0 Å². The molecule has 1 aliphatic rings. The van der Waals surface area contributed by atoms with Crippen molar-refractivity contribution in [1.29, 1.82) is 0 Å². The molecule has 1 aliphatic heterocycles. The fourth-order valence-corrected chi connectivity index (χ4v) is 1.86. The van der Waals surface area contributed by atoms with Gasteiger partial charge >= 0.3 is 0 Å². The van der Waals surface area contributed by atoms with E-state index in [9.17, 15) is 5.11 Å². The van der Waals surface area contributed by atoms with Gasteiger partial charge in [0.25, 0.3) is 0 Å². The summed E-state index contributed by atoms with van der Waals surface area (Å²) in [4.78, 5) is 0. The van der Waals surface area contributed by atoms with E-state index >= 15 is 0 Å². The van der Waals surface area contributed by atoms with Crippen molar-refractivity contribution < 1.29 is 14.9 Å². The van der Waals surface area contributed by atoms with Gasteiger partial charge in [0.1, 0.15) is 11.5 Å². The number of benzene rings is 1. The van der Waals surface area contributed by atoms with Crippen molar-refractivity contribution in [2.45, 2.75) is 18.8 Å². The molecule has 1 aromatic carbocycles. The van der Waals surface area contributed by atoms with Gasteiger partial charge in [-0.2, -0.15) is 0 Å². The van der Waals surface area contributed by atoms with E-state index in [0.29, 0.717) is 6.61 Å². The second-order valence-corrected chi connectivity index (χ2v) is 3.66. The van der Waals surface area contributed by atoms with Crippen LogP contribution < -0.4 is 0 Å². The molecule has 3 nitrogen and oxygen atoms in total. The lowest BCUT2D eigenvalue weighted by Crippen LogP contribution is -2.15. The van der Waals surface area contributed by atoms with Crippen LogP contribution in [-0.4, -0.2) is 23.4 Å². The number of hydrogen-bond donors (Lipinski definition) is 2. The summed E-state index contributed by atoms with van der Waals surface area (Å²) < 4.78 is 5.35. The highest BCUT2D eigenvalue weighted by Gasteiger charge is 2.18. The Balaban J connectivity index is 2.22. The maximum atomic E-state index is 9.63. The average molecular weight is 194 g/mol. The van der Waals surface area contributed by atoms with E-state index in [0.717, 1.165) is 25.0 Å². The van der Waals surface area contributed by atoms with E-state index in [-0.39, 0.29) is 17.4 Å². The molecule has 2 rings (SSSR count). The number of aromatic hydroxyl groups is 2. The third-order valence-corrected chi connectivity index (χ3v) is 2.61. The highest BCUT2D eigenvalue weighted by Crippen LogP contribution is 2.33. The summed E-state index contributed by atoms with van der Waals surface area (Å²) in [6, 6.07) is 4.75. The summed E-state index contributed by atoms with van der Waals surface area (Å²) in [5.41, 5.74) is 0.877. The fraction of sp³-hybridized carbons (Fsp3) is 0.455. The summed E-state index contributed by atoms with van der Waals surface area (Å²) in [5.74, 6) is 0.535. The van der Waals surface area contributed by atoms with E-state index in [1.54, 1.807) is 12.1 Å². The van der Waals surface area contributed by atoms with Crippen molar-refractivity contribution in [3.8, 4) is 11.5 Å². The van der Waals surface area contributed by atoms with Gasteiger partial charge in [0, 0.05) is 18.6 Å². The molecular weight excluding hydrogens is 180 g/mol. The Kier molecular flexibility index (Phi) is 2.59. The van der Waals surface area contributed by atoms with Crippen LogP contribution in [0.5, 0.6) is 11.5 Å². The van der Waals surface area contributed by atoms with Crippen LogP contribution in [0.15, 0.2) is 18.2 Å². The largest absolute Gasteiger partial charge is 0.508 e. The minimum absolute atomic E-state index is 0.1000. The van der Waals surface area contributed by atoms with Gasteiger partial charge < -0.3 is 14.9 Å². The molecule has 14 heavy (non-hydrogen) atoms. The molecule has 76 valence electrons. The SMILES string of the molecule is Oc1ccc(C2CCCOC2)c(O)c1. The molecule has 0 aromatic heterocycles. The quantitative estimate of drug-likeness (QED) is 0.718. The highest BCUT2D eigenvalue weighted by atomic mass is 16.5. The topological polar surface area (TPSA) is 49.7 Å². The Morgan fingerprint density at radius 2 is 2.14 bits per heavy atom. The number of rotatable bonds is 1. The van der Waals surface area contributed by atoms with Crippen LogP contribution in [0.1, 0.15) is 24.3 Å². The van der Waals surface area contributed by atoms with Crippen molar-refractivity contribution >= 4 is 0 Å². The third-order valence-electron chi connectivity index (χ3n) is 2.61. The molecule has 1 aromatic rings. The smallest absolute Gasteiger partial charge is 0.122 e. The lowest BCUT2D eigenvalue weighted by molar-refractivity contribution is 0.0797. The first-order chi connectivity index (χ1) is 6.77. The first kappa shape index (κ1) is 9.34. The van der Waals surface area contributed by atoms with Gasteiger partial charge in [-0.15, -0.1) is 0 Å². The molecule has 0 bridgehead atoms. The molecule has 1 atom stereocenters. The second kappa shape index (κ2) is 3.88. The minimum atomic E-state index is 0.1000. The molecule has 1 fully saturated rings. The summed E-state index contributed by atoms with van der Waals surface area (Å²) >= 11 is 0. The van der Waals surface area contributed by atoms with Gasteiger partial charge in [0.15, 0.2) is 0 Å². The zero-order chi connectivity index (χ0) is 9.97. The van der Waals surface area contributed by atoms with Gasteiger partial charge in [0.05, 0.1) is 6.61 Å². The Bertz CT molecular complexity index is 316. The molecule has 1 saturated heterocycles. The van der Waals surface area contributed by atoms with Gasteiger partial charge in [-0.3, -0.25) is 0 Å². The van der Waals surface area contributed by atoms with Gasteiger partial charge in [-0.05, 0) is 24.5 Å². The van der Waals surface area contributed by atoms with Crippen molar-refractivity contribution in [2.24, 2.45) is 0 Å². The molecule has 0 aliphatic carbocycles. The Morgan fingerprint density at radius 1 is 1.29 bits per heavy atom. The standard InChI is InChI=1S/C11H14O3/c12-9-3-4-10(11(13)6-9)8-2-1-5-14-7-8/h3-4,6,8,12-13H,1-2,5,7H2. The molecule has 0 spiro atoms. The second-order valence-electron chi connectivity index (χ2n) is 3.66. The fourth-order valence-electron chi connectivity index (χ4n) is 1.86. The number of hydrogen-bond acceptors (Lipinski definition) is 3. The molecule has 2 N–H and O–H groups in total. The normalized spacial score (nSPS) is 22.1. The van der Waals surface area contributed by atoms with E-state index in [1.807, 2.05) is 0 Å². The summed E-state index contributed by atoms with van der Waals surface area (Å²) in [7, 11) is 0. The maximum absolute atomic E-state index is 9.63. The van der Waals surface area contributed by atoms with Crippen LogP contribution in [-0.2, 0) is 4.74 Å². The zero-order valence-electron chi connectivity index (χ0n) is 7.94. The molecule has 3 heteroatoms. The van der Waals surface area contributed by atoms with Gasteiger partial charge in [-0.1, -0.05) is 6.07 Å². The number of phenolic OH excluding ortho intramolecular Hbond substituents is 2. The maximum Gasteiger partial charge on any atom is 0.122 e. The van der Waals surface area contributed by atoms with Gasteiger partial charge in [-0.25, -0.2) is 0 Å². The average Bonchev–Trinajstić information content (AvgIpc) is 2.19. The van der Waals surface area contributed by atoms with Gasteiger partial charge in [0.2, 0.25) is 0 Å². The predicted octanol–water partition coefficient (Wildman–Crippen LogP) is 1.99. The molecular formula is C11H14O3. The lowest BCUT2D eigenvalue weighted by atomic mass is 9.93. The van der Waals surface area contributed by atoms with Crippen LogP contribution in [0.3, 0.4) is 0 Å². The van der Waals surface area contributed by atoms with Crippen molar-refractivity contribution in [2.75, 3.05) is 13.2 Å². The van der Waals surface area contributed by atoms with Crippen molar-refractivity contribution in [3.05, 3.63) is 23.8 Å². The minimum Gasteiger partial charge on any atom is -0.508 e. The molecule has 0 amide bonds. The monoisotopic (exact) mass is 194 g/mol.